The van der Waals surface area contributed by atoms with Gasteiger partial charge < -0.3 is 10.1 Å². The van der Waals surface area contributed by atoms with Crippen LogP contribution in [0.2, 0.25) is 5.02 Å². The lowest BCUT2D eigenvalue weighted by Crippen LogP contribution is -2.15. The maximum atomic E-state index is 6.34. The maximum absolute atomic E-state index is 6.34. The Morgan fingerprint density at radius 1 is 1.09 bits per heavy atom. The molecule has 1 heterocycles. The molecule has 0 aliphatic heterocycles. The van der Waals surface area contributed by atoms with E-state index in [1.807, 2.05) is 37.4 Å². The van der Waals surface area contributed by atoms with Gasteiger partial charge in [-0.05, 0) is 37.2 Å². The van der Waals surface area contributed by atoms with Crippen molar-refractivity contribution in [2.24, 2.45) is 0 Å². The summed E-state index contributed by atoms with van der Waals surface area (Å²) in [6.45, 7) is 0.911. The summed E-state index contributed by atoms with van der Waals surface area (Å²) in [5, 5.41) is 8.12. The van der Waals surface area contributed by atoms with E-state index in [9.17, 15) is 0 Å². The molecule has 0 saturated heterocycles. The molecule has 1 N–H and O–H groups in total. The quantitative estimate of drug-likeness (QED) is 0.663. The lowest BCUT2D eigenvalue weighted by Gasteiger charge is -2.19. The minimum atomic E-state index is 0.0528. The number of fused-ring (bicyclic) bond motifs is 1. The fraction of sp³-hybridized carbons (Fsp3) is 0.222. The molecule has 22 heavy (non-hydrogen) atoms. The zero-order valence-corrected chi connectivity index (χ0v) is 14.0. The van der Waals surface area contributed by atoms with Gasteiger partial charge in [0.15, 0.2) is 0 Å². The van der Waals surface area contributed by atoms with Crippen molar-refractivity contribution in [3.8, 4) is 5.75 Å². The topological polar surface area (TPSA) is 21.3 Å². The van der Waals surface area contributed by atoms with Gasteiger partial charge >= 0.3 is 0 Å². The lowest BCUT2D eigenvalue weighted by molar-refractivity contribution is 0.201. The second-order valence-electron chi connectivity index (χ2n) is 5.11. The van der Waals surface area contributed by atoms with Gasteiger partial charge in [0.25, 0.3) is 0 Å². The number of thiophene rings is 1. The number of rotatable bonds is 6. The fourth-order valence-corrected chi connectivity index (χ4v) is 3.52. The highest BCUT2D eigenvalue weighted by molar-refractivity contribution is 7.10. The van der Waals surface area contributed by atoms with Crippen LogP contribution in [0.1, 0.15) is 17.4 Å². The van der Waals surface area contributed by atoms with Crippen LogP contribution in [-0.4, -0.2) is 13.6 Å². The van der Waals surface area contributed by atoms with Crippen molar-refractivity contribution in [3.05, 3.63) is 63.8 Å². The first-order valence-corrected chi connectivity index (χ1v) is 8.57. The summed E-state index contributed by atoms with van der Waals surface area (Å²) in [7, 11) is 1.96. The summed E-state index contributed by atoms with van der Waals surface area (Å²) in [6.07, 6.45) is 0.977. The van der Waals surface area contributed by atoms with Gasteiger partial charge in [-0.25, -0.2) is 0 Å². The standard InChI is InChI=1S/C18H18ClNOS/c1-20-11-10-17(18-7-4-12-22-18)21-16-9-8-15(19)13-5-2-3-6-14(13)16/h2-9,12,17,20H,10-11H2,1H3. The van der Waals surface area contributed by atoms with E-state index in [0.29, 0.717) is 0 Å². The molecule has 4 heteroatoms. The van der Waals surface area contributed by atoms with Crippen molar-refractivity contribution in [1.29, 1.82) is 0 Å². The zero-order chi connectivity index (χ0) is 15.4. The summed E-state index contributed by atoms with van der Waals surface area (Å²) in [4.78, 5) is 1.24. The highest BCUT2D eigenvalue weighted by Gasteiger charge is 2.16. The molecule has 0 bridgehead atoms. The van der Waals surface area contributed by atoms with E-state index in [2.05, 4.69) is 28.9 Å². The number of nitrogens with one attached hydrogen (secondary N) is 1. The highest BCUT2D eigenvalue weighted by Crippen LogP contribution is 2.35. The molecule has 0 saturated carbocycles. The van der Waals surface area contributed by atoms with Crippen molar-refractivity contribution in [2.45, 2.75) is 12.5 Å². The Kier molecular flexibility index (Phi) is 4.98. The third-order valence-electron chi connectivity index (χ3n) is 3.62. The van der Waals surface area contributed by atoms with Crippen LogP contribution < -0.4 is 10.1 Å². The first kappa shape index (κ1) is 15.3. The SMILES string of the molecule is CNCCC(Oc1ccc(Cl)c2ccccc12)c1cccs1. The van der Waals surface area contributed by atoms with Gasteiger partial charge in [-0.2, -0.15) is 0 Å². The molecule has 1 aromatic heterocycles. The molecule has 0 fully saturated rings. The van der Waals surface area contributed by atoms with Crippen LogP contribution in [0.25, 0.3) is 10.8 Å². The monoisotopic (exact) mass is 331 g/mol. The Balaban J connectivity index is 1.94. The van der Waals surface area contributed by atoms with Crippen molar-refractivity contribution in [3.63, 3.8) is 0 Å². The van der Waals surface area contributed by atoms with Gasteiger partial charge in [-0.1, -0.05) is 41.9 Å². The molecule has 3 aromatic rings. The normalized spacial score (nSPS) is 12.5. The summed E-state index contributed by atoms with van der Waals surface area (Å²) < 4.78 is 6.34. The molecule has 1 unspecified atom stereocenters. The second-order valence-corrected chi connectivity index (χ2v) is 6.49. The van der Waals surface area contributed by atoms with Gasteiger partial charge in [-0.15, -0.1) is 11.3 Å². The van der Waals surface area contributed by atoms with Crippen molar-refractivity contribution in [2.75, 3.05) is 13.6 Å². The summed E-state index contributed by atoms with van der Waals surface area (Å²) in [5.41, 5.74) is 0. The first-order chi connectivity index (χ1) is 10.8. The van der Waals surface area contributed by atoms with Crippen LogP contribution in [0.15, 0.2) is 53.9 Å². The molecule has 2 nitrogen and oxygen atoms in total. The van der Waals surface area contributed by atoms with E-state index in [1.165, 1.54) is 4.88 Å². The number of ether oxygens (including phenoxy) is 1. The summed E-state index contributed by atoms with van der Waals surface area (Å²) in [5.74, 6) is 0.884. The molecular formula is C18H18ClNOS. The Hall–Kier alpha value is -1.55. The van der Waals surface area contributed by atoms with Crippen LogP contribution in [-0.2, 0) is 0 Å². The summed E-state index contributed by atoms with van der Waals surface area (Å²) >= 11 is 8.02. The molecule has 0 aliphatic rings. The predicted octanol–water partition coefficient (Wildman–Crippen LogP) is 5.28. The second kappa shape index (κ2) is 7.14. The van der Waals surface area contributed by atoms with E-state index in [-0.39, 0.29) is 6.10 Å². The van der Waals surface area contributed by atoms with E-state index in [0.717, 1.165) is 34.5 Å². The van der Waals surface area contributed by atoms with Gasteiger partial charge in [0.1, 0.15) is 11.9 Å². The van der Waals surface area contributed by atoms with Crippen LogP contribution in [0.3, 0.4) is 0 Å². The molecular weight excluding hydrogens is 314 g/mol. The molecule has 1 atom stereocenters. The third kappa shape index (κ3) is 3.27. The Morgan fingerprint density at radius 3 is 2.64 bits per heavy atom. The van der Waals surface area contributed by atoms with Crippen LogP contribution in [0.4, 0.5) is 0 Å². The van der Waals surface area contributed by atoms with Gasteiger partial charge in [0.05, 0.1) is 0 Å². The molecule has 114 valence electrons. The molecule has 0 aliphatic carbocycles. The third-order valence-corrected chi connectivity index (χ3v) is 4.91. The molecule has 0 amide bonds. The van der Waals surface area contributed by atoms with Crippen LogP contribution in [0.5, 0.6) is 5.75 Å². The van der Waals surface area contributed by atoms with Gasteiger partial charge in [-0.3, -0.25) is 0 Å². The average molecular weight is 332 g/mol. The van der Waals surface area contributed by atoms with E-state index in [1.54, 1.807) is 11.3 Å². The van der Waals surface area contributed by atoms with Crippen molar-refractivity contribution in [1.82, 2.24) is 5.32 Å². The molecule has 0 radical (unpaired) electrons. The summed E-state index contributed by atoms with van der Waals surface area (Å²) in [6, 6.07) is 16.2. The van der Waals surface area contributed by atoms with E-state index in [4.69, 9.17) is 16.3 Å². The average Bonchev–Trinajstić information content (AvgIpc) is 3.08. The number of hydrogen-bond donors (Lipinski definition) is 1. The minimum Gasteiger partial charge on any atom is -0.484 e. The minimum absolute atomic E-state index is 0.0528. The van der Waals surface area contributed by atoms with Gasteiger partial charge in [0, 0.05) is 27.1 Å². The van der Waals surface area contributed by atoms with Crippen molar-refractivity contribution < 1.29 is 4.74 Å². The lowest BCUT2D eigenvalue weighted by atomic mass is 10.1. The molecule has 0 spiro atoms. The smallest absolute Gasteiger partial charge is 0.134 e. The molecule has 2 aromatic carbocycles. The number of halogens is 1. The molecule has 3 rings (SSSR count). The van der Waals surface area contributed by atoms with E-state index < -0.39 is 0 Å². The zero-order valence-electron chi connectivity index (χ0n) is 12.4. The Labute approximate surface area is 139 Å². The highest BCUT2D eigenvalue weighted by atomic mass is 35.5. The Morgan fingerprint density at radius 2 is 1.91 bits per heavy atom. The number of benzene rings is 2. The first-order valence-electron chi connectivity index (χ1n) is 7.31. The Bertz CT molecular complexity index is 742. The van der Waals surface area contributed by atoms with Crippen LogP contribution in [0, 0.1) is 0 Å². The number of hydrogen-bond acceptors (Lipinski definition) is 3. The maximum Gasteiger partial charge on any atom is 0.134 e. The predicted molar refractivity (Wildman–Crippen MR) is 95.2 cm³/mol. The largest absolute Gasteiger partial charge is 0.484 e. The van der Waals surface area contributed by atoms with Crippen LogP contribution >= 0.6 is 22.9 Å². The van der Waals surface area contributed by atoms with E-state index >= 15 is 0 Å². The fourth-order valence-electron chi connectivity index (χ4n) is 2.50. The van der Waals surface area contributed by atoms with Gasteiger partial charge in [0.2, 0.25) is 0 Å². The van der Waals surface area contributed by atoms with Crippen molar-refractivity contribution >= 4 is 33.7 Å².